The molecule has 2 saturated carbocycles. The minimum absolute atomic E-state index is 0.362. The molecular formula is C17H28N2O. The Kier molecular flexibility index (Phi) is 4.45. The summed E-state index contributed by atoms with van der Waals surface area (Å²) in [5.41, 5.74) is 0. The van der Waals surface area contributed by atoms with Crippen LogP contribution in [0.15, 0.2) is 12.4 Å². The number of hydrogen-bond acceptors (Lipinski definition) is 2. The first-order valence-electron chi connectivity index (χ1n) is 8.48. The zero-order chi connectivity index (χ0) is 13.9. The lowest BCUT2D eigenvalue weighted by molar-refractivity contribution is 0.0281. The summed E-state index contributed by atoms with van der Waals surface area (Å²) in [5.74, 6) is 3.13. The second kappa shape index (κ2) is 6.30. The van der Waals surface area contributed by atoms with Crippen molar-refractivity contribution in [3.63, 3.8) is 0 Å². The summed E-state index contributed by atoms with van der Waals surface area (Å²) in [6, 6.07) is 0. The maximum absolute atomic E-state index is 10.7. The van der Waals surface area contributed by atoms with Crippen molar-refractivity contribution in [1.29, 1.82) is 0 Å². The van der Waals surface area contributed by atoms with Gasteiger partial charge in [0.2, 0.25) is 0 Å². The van der Waals surface area contributed by atoms with Crippen LogP contribution in [-0.2, 0) is 6.54 Å². The molecule has 20 heavy (non-hydrogen) atoms. The molecule has 3 heteroatoms. The maximum atomic E-state index is 10.7. The molecular weight excluding hydrogens is 248 g/mol. The first-order chi connectivity index (χ1) is 9.79. The van der Waals surface area contributed by atoms with Gasteiger partial charge in [-0.05, 0) is 43.4 Å². The fourth-order valence-electron chi connectivity index (χ4n) is 4.42. The number of fused-ring (bicyclic) bond motifs is 1. The summed E-state index contributed by atoms with van der Waals surface area (Å²) in [7, 11) is 0. The largest absolute Gasteiger partial charge is 0.385 e. The van der Waals surface area contributed by atoms with Gasteiger partial charge in [0.05, 0.1) is 0 Å². The number of nitrogens with zero attached hydrogens (tertiary/aromatic N) is 2. The van der Waals surface area contributed by atoms with Crippen molar-refractivity contribution < 1.29 is 5.11 Å². The van der Waals surface area contributed by atoms with Crippen LogP contribution in [0.5, 0.6) is 0 Å². The van der Waals surface area contributed by atoms with Crippen molar-refractivity contribution in [3.8, 4) is 0 Å². The van der Waals surface area contributed by atoms with E-state index in [1.807, 2.05) is 12.4 Å². The highest BCUT2D eigenvalue weighted by molar-refractivity contribution is 5.00. The molecule has 0 aromatic carbocycles. The molecule has 0 bridgehead atoms. The Morgan fingerprint density at radius 3 is 2.85 bits per heavy atom. The van der Waals surface area contributed by atoms with Crippen molar-refractivity contribution >= 4 is 0 Å². The Morgan fingerprint density at radius 1 is 1.25 bits per heavy atom. The standard InChI is InChI=1S/C17H28N2O/c1-2-10-19-11-9-18-17(19)16(20)15-8-7-13-5-3-4-6-14(13)12-15/h9,11,13-16,20H,2-8,10,12H2,1H3. The molecule has 2 aliphatic carbocycles. The van der Waals surface area contributed by atoms with Crippen molar-refractivity contribution in [2.24, 2.45) is 17.8 Å². The minimum Gasteiger partial charge on any atom is -0.385 e. The highest BCUT2D eigenvalue weighted by Gasteiger charge is 2.36. The van der Waals surface area contributed by atoms with E-state index in [9.17, 15) is 5.11 Å². The van der Waals surface area contributed by atoms with Crippen molar-refractivity contribution in [1.82, 2.24) is 9.55 Å². The van der Waals surface area contributed by atoms with Crippen molar-refractivity contribution in [3.05, 3.63) is 18.2 Å². The number of aliphatic hydroxyl groups is 1. The molecule has 3 nitrogen and oxygen atoms in total. The minimum atomic E-state index is -0.362. The highest BCUT2D eigenvalue weighted by atomic mass is 16.3. The SMILES string of the molecule is CCCn1ccnc1C(O)C1CCC2CCCCC2C1. The van der Waals surface area contributed by atoms with E-state index < -0.39 is 0 Å². The summed E-state index contributed by atoms with van der Waals surface area (Å²) < 4.78 is 2.14. The summed E-state index contributed by atoms with van der Waals surface area (Å²) in [6.07, 6.45) is 13.9. The third-order valence-electron chi connectivity index (χ3n) is 5.50. The third-order valence-corrected chi connectivity index (χ3v) is 5.50. The lowest BCUT2D eigenvalue weighted by atomic mass is 9.66. The molecule has 2 aliphatic rings. The molecule has 0 amide bonds. The van der Waals surface area contributed by atoms with E-state index in [-0.39, 0.29) is 6.10 Å². The number of hydrogen-bond donors (Lipinski definition) is 1. The molecule has 4 unspecified atom stereocenters. The highest BCUT2D eigenvalue weighted by Crippen LogP contribution is 2.45. The molecule has 0 radical (unpaired) electrons. The molecule has 0 aliphatic heterocycles. The van der Waals surface area contributed by atoms with Crippen LogP contribution in [0, 0.1) is 17.8 Å². The van der Waals surface area contributed by atoms with Gasteiger partial charge in [0.15, 0.2) is 0 Å². The average Bonchev–Trinajstić information content (AvgIpc) is 2.94. The normalized spacial score (nSPS) is 31.8. The van der Waals surface area contributed by atoms with Crippen LogP contribution < -0.4 is 0 Å². The molecule has 1 heterocycles. The fourth-order valence-corrected chi connectivity index (χ4v) is 4.42. The second-order valence-electron chi connectivity index (χ2n) is 6.80. The van der Waals surface area contributed by atoms with Crippen LogP contribution in [0.1, 0.15) is 70.2 Å². The van der Waals surface area contributed by atoms with E-state index in [1.165, 1.54) is 44.9 Å². The van der Waals surface area contributed by atoms with E-state index >= 15 is 0 Å². The van der Waals surface area contributed by atoms with Crippen LogP contribution in [0.4, 0.5) is 0 Å². The van der Waals surface area contributed by atoms with Gasteiger partial charge in [0.25, 0.3) is 0 Å². The summed E-state index contributed by atoms with van der Waals surface area (Å²) in [6.45, 7) is 3.13. The number of rotatable bonds is 4. The molecule has 1 aromatic rings. The van der Waals surface area contributed by atoms with Gasteiger partial charge in [-0.25, -0.2) is 4.98 Å². The maximum Gasteiger partial charge on any atom is 0.137 e. The Hall–Kier alpha value is -0.830. The van der Waals surface area contributed by atoms with Crippen LogP contribution in [0.2, 0.25) is 0 Å². The molecule has 0 spiro atoms. The van der Waals surface area contributed by atoms with Gasteiger partial charge >= 0.3 is 0 Å². The Morgan fingerprint density at radius 2 is 2.05 bits per heavy atom. The van der Waals surface area contributed by atoms with E-state index in [0.717, 1.165) is 30.6 Å². The van der Waals surface area contributed by atoms with Crippen LogP contribution in [0.3, 0.4) is 0 Å². The quantitative estimate of drug-likeness (QED) is 0.904. The monoisotopic (exact) mass is 276 g/mol. The second-order valence-corrected chi connectivity index (χ2v) is 6.80. The Balaban J connectivity index is 1.67. The van der Waals surface area contributed by atoms with Gasteiger partial charge in [0.1, 0.15) is 11.9 Å². The molecule has 1 N–H and O–H groups in total. The van der Waals surface area contributed by atoms with Gasteiger partial charge in [-0.1, -0.05) is 32.6 Å². The Labute approximate surface area is 122 Å². The van der Waals surface area contributed by atoms with E-state index in [4.69, 9.17) is 0 Å². The zero-order valence-electron chi connectivity index (χ0n) is 12.7. The topological polar surface area (TPSA) is 38.0 Å². The summed E-state index contributed by atoms with van der Waals surface area (Å²) >= 11 is 0. The van der Waals surface area contributed by atoms with Gasteiger partial charge in [0, 0.05) is 18.9 Å². The number of aromatic nitrogens is 2. The summed E-state index contributed by atoms with van der Waals surface area (Å²) in [4.78, 5) is 4.43. The fraction of sp³-hybridized carbons (Fsp3) is 0.824. The molecule has 3 rings (SSSR count). The lowest BCUT2D eigenvalue weighted by Gasteiger charge is -2.40. The lowest BCUT2D eigenvalue weighted by Crippen LogP contribution is -2.31. The average molecular weight is 276 g/mol. The summed E-state index contributed by atoms with van der Waals surface area (Å²) in [5, 5.41) is 10.7. The van der Waals surface area contributed by atoms with Gasteiger partial charge in [-0.15, -0.1) is 0 Å². The number of aliphatic hydroxyl groups excluding tert-OH is 1. The van der Waals surface area contributed by atoms with Crippen molar-refractivity contribution in [2.45, 2.75) is 70.9 Å². The van der Waals surface area contributed by atoms with Gasteiger partial charge in [-0.3, -0.25) is 0 Å². The molecule has 1 aromatic heterocycles. The Bertz CT molecular complexity index is 428. The zero-order valence-corrected chi connectivity index (χ0v) is 12.7. The van der Waals surface area contributed by atoms with Gasteiger partial charge < -0.3 is 9.67 Å². The number of imidazole rings is 1. The molecule has 4 atom stereocenters. The van der Waals surface area contributed by atoms with Gasteiger partial charge in [-0.2, -0.15) is 0 Å². The predicted octanol–water partition coefficient (Wildman–Crippen LogP) is 3.93. The first kappa shape index (κ1) is 14.1. The van der Waals surface area contributed by atoms with Crippen LogP contribution in [0.25, 0.3) is 0 Å². The first-order valence-corrected chi connectivity index (χ1v) is 8.48. The van der Waals surface area contributed by atoms with E-state index in [1.54, 1.807) is 0 Å². The molecule has 112 valence electrons. The van der Waals surface area contributed by atoms with Crippen LogP contribution >= 0.6 is 0 Å². The predicted molar refractivity (Wildman–Crippen MR) is 80.3 cm³/mol. The molecule has 2 fully saturated rings. The third kappa shape index (κ3) is 2.78. The van der Waals surface area contributed by atoms with Crippen LogP contribution in [-0.4, -0.2) is 14.7 Å². The van der Waals surface area contributed by atoms with E-state index in [0.29, 0.717) is 5.92 Å². The smallest absolute Gasteiger partial charge is 0.137 e. The number of aryl methyl sites for hydroxylation is 1. The van der Waals surface area contributed by atoms with Crippen molar-refractivity contribution in [2.75, 3.05) is 0 Å². The molecule has 0 saturated heterocycles. The van der Waals surface area contributed by atoms with E-state index in [2.05, 4.69) is 16.5 Å².